The van der Waals surface area contributed by atoms with Crippen LogP contribution in [0.4, 0.5) is 0 Å². The summed E-state index contributed by atoms with van der Waals surface area (Å²) in [5, 5.41) is 4.35. The fourth-order valence-electron chi connectivity index (χ4n) is 11.4. The zero-order valence-electron chi connectivity index (χ0n) is 49.2. The summed E-state index contributed by atoms with van der Waals surface area (Å²) >= 11 is 0.950. The predicted octanol–water partition coefficient (Wildman–Crippen LogP) is 23.5. The molecule has 0 radical (unpaired) electrons. The molecule has 0 saturated heterocycles. The molecule has 0 fully saturated rings. The van der Waals surface area contributed by atoms with E-state index in [9.17, 15) is 5.53 Å². The molecule has 410 valence electrons. The quantitative estimate of drug-likeness (QED) is 0.0359. The van der Waals surface area contributed by atoms with Crippen LogP contribution in [0.15, 0.2) is 35.4 Å². The van der Waals surface area contributed by atoms with Crippen molar-refractivity contribution in [2.45, 2.75) is 336 Å². The van der Waals surface area contributed by atoms with E-state index < -0.39 is 0 Å². The normalized spacial score (nSPS) is 12.8. The third kappa shape index (κ3) is 25.5. The molecule has 2 nitrogen and oxygen atoms in total. The van der Waals surface area contributed by atoms with E-state index in [2.05, 4.69) is 90.4 Å². The molecule has 0 aromatic heterocycles. The van der Waals surface area contributed by atoms with Gasteiger partial charge in [-0.1, -0.05) is 222 Å². The minimum atomic E-state index is 0.950. The van der Waals surface area contributed by atoms with Gasteiger partial charge in [0.1, 0.15) is 0 Å². The van der Waals surface area contributed by atoms with Crippen molar-refractivity contribution in [3.8, 4) is 0 Å². The first-order chi connectivity index (χ1) is 34.8. The van der Waals surface area contributed by atoms with Crippen LogP contribution < -0.4 is 0 Å². The van der Waals surface area contributed by atoms with Crippen molar-refractivity contribution in [1.82, 2.24) is 0 Å². The molecule has 1 aliphatic heterocycles. The maximum atomic E-state index is 13.4. The van der Waals surface area contributed by atoms with E-state index in [4.69, 9.17) is 0 Å². The first-order valence-corrected chi connectivity index (χ1v) is 34.4. The van der Waals surface area contributed by atoms with Crippen LogP contribution in [-0.4, -0.2) is 4.70 Å². The molecular formula is C68H118N2Pd. The molecular weight excluding hydrogens is 951 g/mol. The summed E-state index contributed by atoms with van der Waals surface area (Å²) in [4.78, 5) is 0. The van der Waals surface area contributed by atoms with Crippen LogP contribution in [-0.2, 0) is 56.5 Å². The molecule has 1 aliphatic rings. The maximum absolute atomic E-state index is 13.4. The average Bonchev–Trinajstić information content (AvgIpc) is 3.65. The Morgan fingerprint density at radius 3 is 0.746 bits per heavy atom. The first-order valence-electron chi connectivity index (χ1n) is 31.3. The Balaban J connectivity index is 0.00000561. The first kappa shape index (κ1) is 65.3. The van der Waals surface area contributed by atoms with Gasteiger partial charge < -0.3 is 5.53 Å². The van der Waals surface area contributed by atoms with Gasteiger partial charge >= 0.3 is 28.8 Å². The molecule has 0 spiro atoms. The molecule has 2 aromatic carbocycles. The Hall–Kier alpha value is -1.82. The van der Waals surface area contributed by atoms with Crippen molar-refractivity contribution in [3.05, 3.63) is 85.5 Å². The van der Waals surface area contributed by atoms with Gasteiger partial charge in [0, 0.05) is 22.3 Å². The number of benzene rings is 2. The molecule has 0 N–H and O–H groups in total. The topological polar surface area (TPSA) is 25.3 Å². The molecule has 0 amide bonds. The van der Waals surface area contributed by atoms with Crippen molar-refractivity contribution in [2.24, 2.45) is 0 Å². The van der Waals surface area contributed by atoms with Gasteiger partial charge in [0.15, 0.2) is 0 Å². The Labute approximate surface area is 452 Å². The molecule has 0 aliphatic carbocycles. The van der Waals surface area contributed by atoms with Gasteiger partial charge in [0.2, 0.25) is 11.4 Å². The van der Waals surface area contributed by atoms with E-state index in [1.165, 1.54) is 253 Å². The van der Waals surface area contributed by atoms with E-state index in [-0.39, 0.29) is 0 Å². The SMILES string of the molecule is CCCCCCCCC1=C(c2cc(CCCCCC)c(CCCCCC)c(CCCCCC)c2)[N+](=[N-])C(c2cc(CCCCCC)c(CCCCCC)c(CCCCCC)c2)=C1CCCCCC.[CH3][Pd][CH3]. The van der Waals surface area contributed by atoms with Gasteiger partial charge in [-0.05, 0) is 160 Å². The second kappa shape index (κ2) is 43.4. The molecule has 2 aromatic rings. The van der Waals surface area contributed by atoms with Gasteiger partial charge in [0.25, 0.3) is 0 Å². The van der Waals surface area contributed by atoms with Crippen molar-refractivity contribution < 1.29 is 22.7 Å². The van der Waals surface area contributed by atoms with Crippen LogP contribution in [0, 0.1) is 0 Å². The Bertz CT molecular complexity index is 1660. The number of hydrogen-bond donors (Lipinski definition) is 0. The summed E-state index contributed by atoms with van der Waals surface area (Å²) < 4.78 is 1.80. The standard InChI is InChI=1S/C66H112N2.2CH3.Pd/c1-9-17-25-33-34-42-50-64-63(49-41-32-24-16-8)65(59-51-55(43-35-26-18-10-2)61(47-39-30-22-14-6)56(52-59)44-36-27-19-11-3)68(67)66(64)60-53-57(45-37-28-20-12-4)62(48-40-31-23-15-7)58(54-60)46-38-29-21-13-5;;;/h51-54H,9-50H2,1-8H3;2*1H3;. The van der Waals surface area contributed by atoms with E-state index in [0.717, 1.165) is 67.9 Å². The third-order valence-electron chi connectivity index (χ3n) is 15.6. The number of allylic oxidation sites excluding steroid dienone is 2. The zero-order chi connectivity index (χ0) is 51.7. The fourth-order valence-corrected chi connectivity index (χ4v) is 11.4. The Morgan fingerprint density at radius 1 is 0.296 bits per heavy atom. The summed E-state index contributed by atoms with van der Waals surface area (Å²) in [5.41, 5.74) is 30.9. The molecule has 71 heavy (non-hydrogen) atoms. The molecule has 0 atom stereocenters. The van der Waals surface area contributed by atoms with Gasteiger partial charge in [-0.2, -0.15) is 0 Å². The molecule has 0 bridgehead atoms. The van der Waals surface area contributed by atoms with Crippen LogP contribution in [0.25, 0.3) is 16.9 Å². The second-order valence-electron chi connectivity index (χ2n) is 22.0. The van der Waals surface area contributed by atoms with Gasteiger partial charge in [-0.15, -0.1) is 0 Å². The Kier molecular flexibility index (Phi) is 39.9. The number of unbranched alkanes of at least 4 members (excludes halogenated alkanes) is 26. The third-order valence-corrected chi connectivity index (χ3v) is 15.6. The minimum absolute atomic E-state index is 0.950. The number of aryl methyl sites for hydroxylation is 4. The number of hydrogen-bond acceptors (Lipinski definition) is 0. The Morgan fingerprint density at radius 2 is 0.493 bits per heavy atom. The van der Waals surface area contributed by atoms with E-state index in [1.54, 1.807) is 38.1 Å². The van der Waals surface area contributed by atoms with Gasteiger partial charge in [0.05, 0.1) is 0 Å². The molecule has 0 saturated carbocycles. The predicted molar refractivity (Wildman–Crippen MR) is 316 cm³/mol. The van der Waals surface area contributed by atoms with Crippen LogP contribution in [0.5, 0.6) is 0 Å². The van der Waals surface area contributed by atoms with Crippen molar-refractivity contribution in [2.75, 3.05) is 0 Å². The zero-order valence-corrected chi connectivity index (χ0v) is 50.8. The monoisotopic (exact) mass is 1070 g/mol. The van der Waals surface area contributed by atoms with Gasteiger partial charge in [-0.25, -0.2) is 4.70 Å². The summed E-state index contributed by atoms with van der Waals surface area (Å²) in [6.45, 7) is 18.8. The summed E-state index contributed by atoms with van der Waals surface area (Å²) in [5.74, 6) is 0. The van der Waals surface area contributed by atoms with Crippen LogP contribution >= 0.6 is 0 Å². The van der Waals surface area contributed by atoms with E-state index in [0.29, 0.717) is 0 Å². The molecule has 0 unspecified atom stereocenters. The molecule has 1 heterocycles. The van der Waals surface area contributed by atoms with Crippen LogP contribution in [0.2, 0.25) is 10.8 Å². The van der Waals surface area contributed by atoms with E-state index in [1.807, 2.05) is 0 Å². The summed E-state index contributed by atoms with van der Waals surface area (Å²) in [6.07, 6.45) is 53.1. The van der Waals surface area contributed by atoms with Crippen molar-refractivity contribution >= 4 is 11.4 Å². The average molecular weight is 1070 g/mol. The van der Waals surface area contributed by atoms with Gasteiger partial charge in [-0.3, -0.25) is 0 Å². The number of nitrogens with zero attached hydrogens (tertiary/aromatic N) is 2. The van der Waals surface area contributed by atoms with Crippen molar-refractivity contribution in [3.63, 3.8) is 0 Å². The van der Waals surface area contributed by atoms with Crippen molar-refractivity contribution in [1.29, 1.82) is 0 Å². The van der Waals surface area contributed by atoms with E-state index >= 15 is 0 Å². The van der Waals surface area contributed by atoms with Crippen LogP contribution in [0.3, 0.4) is 0 Å². The number of rotatable bonds is 44. The molecule has 3 rings (SSSR count). The second-order valence-corrected chi connectivity index (χ2v) is 23.6. The van der Waals surface area contributed by atoms with Crippen LogP contribution in [0.1, 0.15) is 331 Å². The summed E-state index contributed by atoms with van der Waals surface area (Å²) in [7, 11) is 0. The summed E-state index contributed by atoms with van der Waals surface area (Å²) in [6, 6.07) is 10.5. The fraction of sp³-hybridized carbons (Fsp3) is 0.765. The molecule has 3 heteroatoms.